The van der Waals surface area contributed by atoms with Gasteiger partial charge in [0.05, 0.1) is 0 Å². The predicted octanol–water partition coefficient (Wildman–Crippen LogP) is 5.02. The van der Waals surface area contributed by atoms with Crippen LogP contribution in [0.4, 0.5) is 0 Å². The van der Waals surface area contributed by atoms with Crippen molar-refractivity contribution in [3.63, 3.8) is 0 Å². The van der Waals surface area contributed by atoms with Gasteiger partial charge in [0.1, 0.15) is 16.7 Å². The molecular formula is C25H27ClN4O2S. The van der Waals surface area contributed by atoms with Gasteiger partial charge in [-0.2, -0.15) is 0 Å². The number of nitrogens with zero attached hydrogens (tertiary/aromatic N) is 3. The number of carbonyl (C=O) groups excluding carboxylic acids is 2. The second kappa shape index (κ2) is 10.4. The molecule has 0 unspecified atom stereocenters. The van der Waals surface area contributed by atoms with Gasteiger partial charge >= 0.3 is 0 Å². The number of aromatic nitrogens is 2. The van der Waals surface area contributed by atoms with Crippen molar-refractivity contribution >= 4 is 34.8 Å². The second-order valence-electron chi connectivity index (χ2n) is 8.63. The van der Waals surface area contributed by atoms with Gasteiger partial charge in [-0.15, -0.1) is 11.3 Å². The molecule has 1 aliphatic heterocycles. The highest BCUT2D eigenvalue weighted by Gasteiger charge is 2.32. The molecule has 4 rings (SSSR count). The first-order valence-corrected chi connectivity index (χ1v) is 12.4. The molecule has 172 valence electrons. The summed E-state index contributed by atoms with van der Waals surface area (Å²) >= 11 is 7.39. The minimum absolute atomic E-state index is 0.0318. The number of rotatable bonds is 6. The first-order chi connectivity index (χ1) is 15.9. The molecule has 6 nitrogen and oxygen atoms in total. The lowest BCUT2D eigenvalue weighted by Crippen LogP contribution is -2.52. The van der Waals surface area contributed by atoms with Crippen molar-refractivity contribution in [1.82, 2.24) is 20.2 Å². The van der Waals surface area contributed by atoms with Crippen LogP contribution in [0.5, 0.6) is 0 Å². The van der Waals surface area contributed by atoms with Gasteiger partial charge in [-0.05, 0) is 54.5 Å². The molecule has 2 aromatic heterocycles. The highest BCUT2D eigenvalue weighted by atomic mass is 35.5. The summed E-state index contributed by atoms with van der Waals surface area (Å²) in [7, 11) is 0. The Kier molecular flexibility index (Phi) is 7.40. The Morgan fingerprint density at radius 2 is 1.88 bits per heavy atom. The van der Waals surface area contributed by atoms with Crippen LogP contribution >= 0.6 is 22.9 Å². The summed E-state index contributed by atoms with van der Waals surface area (Å²) in [6.45, 7) is 5.25. The highest BCUT2D eigenvalue weighted by Crippen LogP contribution is 2.29. The Bertz CT molecular complexity index is 1090. The minimum atomic E-state index is -0.590. The third-order valence-electron chi connectivity index (χ3n) is 6.01. The molecule has 3 aromatic rings. The largest absolute Gasteiger partial charge is 0.341 e. The molecular weight excluding hydrogens is 456 g/mol. The first-order valence-electron chi connectivity index (χ1n) is 11.1. The molecule has 8 heteroatoms. The van der Waals surface area contributed by atoms with Crippen molar-refractivity contribution in [2.75, 3.05) is 13.1 Å². The summed E-state index contributed by atoms with van der Waals surface area (Å²) in [6.07, 6.45) is 5.20. The maximum atomic E-state index is 13.3. The summed E-state index contributed by atoms with van der Waals surface area (Å²) in [5, 5.41) is 6.10. The van der Waals surface area contributed by atoms with Gasteiger partial charge < -0.3 is 10.2 Å². The zero-order valence-electron chi connectivity index (χ0n) is 18.7. The number of likely N-dealkylation sites (tertiary alicyclic amines) is 1. The summed E-state index contributed by atoms with van der Waals surface area (Å²) < 4.78 is 0. The molecule has 0 spiro atoms. The van der Waals surface area contributed by atoms with Gasteiger partial charge in [0.25, 0.3) is 5.91 Å². The van der Waals surface area contributed by atoms with Crippen molar-refractivity contribution in [2.45, 2.75) is 38.6 Å². The Morgan fingerprint density at radius 1 is 1.15 bits per heavy atom. The lowest BCUT2D eigenvalue weighted by Gasteiger charge is -2.35. The van der Waals surface area contributed by atoms with E-state index in [9.17, 15) is 9.59 Å². The molecule has 1 N–H and O–H groups in total. The molecule has 3 heterocycles. The van der Waals surface area contributed by atoms with Crippen LogP contribution in [0.3, 0.4) is 0 Å². The summed E-state index contributed by atoms with van der Waals surface area (Å²) in [5.74, 6) is 0.0197. The van der Waals surface area contributed by atoms with Gasteiger partial charge in [0.2, 0.25) is 5.91 Å². The van der Waals surface area contributed by atoms with E-state index < -0.39 is 6.04 Å². The first kappa shape index (κ1) is 23.4. The number of pyridine rings is 1. The fraction of sp³-hybridized carbons (Fsp3) is 0.360. The lowest BCUT2D eigenvalue weighted by molar-refractivity contribution is -0.135. The Hall–Kier alpha value is -2.77. The molecule has 1 atom stereocenters. The molecule has 2 amide bonds. The van der Waals surface area contributed by atoms with Gasteiger partial charge in [0, 0.05) is 41.4 Å². The van der Waals surface area contributed by atoms with Crippen molar-refractivity contribution in [2.24, 2.45) is 5.92 Å². The minimum Gasteiger partial charge on any atom is -0.341 e. The molecule has 0 radical (unpaired) electrons. The summed E-state index contributed by atoms with van der Waals surface area (Å²) in [6, 6.07) is 11.1. The van der Waals surface area contributed by atoms with Crippen LogP contribution in [0, 0.1) is 5.92 Å². The molecule has 1 aliphatic rings. The second-order valence-corrected chi connectivity index (χ2v) is 9.92. The van der Waals surface area contributed by atoms with Crippen LogP contribution in [0.1, 0.15) is 48.7 Å². The van der Waals surface area contributed by atoms with Crippen LogP contribution in [-0.2, 0) is 4.79 Å². The molecule has 1 aromatic carbocycles. The van der Waals surface area contributed by atoms with E-state index in [1.54, 1.807) is 17.8 Å². The number of benzene rings is 1. The van der Waals surface area contributed by atoms with E-state index in [0.717, 1.165) is 28.4 Å². The zero-order chi connectivity index (χ0) is 23.4. The highest BCUT2D eigenvalue weighted by molar-refractivity contribution is 7.13. The Labute approximate surface area is 203 Å². The van der Waals surface area contributed by atoms with E-state index in [-0.39, 0.29) is 17.7 Å². The molecule has 1 saturated heterocycles. The number of halogens is 1. The topological polar surface area (TPSA) is 75.2 Å². The number of carbonyl (C=O) groups is 2. The third-order valence-corrected chi connectivity index (χ3v) is 7.16. The van der Waals surface area contributed by atoms with E-state index in [1.165, 1.54) is 16.9 Å². The normalized spacial score (nSPS) is 15.5. The fourth-order valence-corrected chi connectivity index (χ4v) is 5.01. The maximum absolute atomic E-state index is 13.3. The SMILES string of the molecule is CC(C)[C@@H](NC(=O)c1csc(-c2cccnc2)n1)C(=O)N1CCC(c2ccc(Cl)cc2)CC1. The summed E-state index contributed by atoms with van der Waals surface area (Å²) in [4.78, 5) is 36.6. The molecule has 0 bridgehead atoms. The zero-order valence-corrected chi connectivity index (χ0v) is 20.3. The lowest BCUT2D eigenvalue weighted by atomic mass is 9.89. The molecule has 33 heavy (non-hydrogen) atoms. The summed E-state index contributed by atoms with van der Waals surface area (Å²) in [5.41, 5.74) is 2.44. The molecule has 1 fully saturated rings. The van der Waals surface area contributed by atoms with E-state index in [1.807, 2.05) is 43.0 Å². The average molecular weight is 483 g/mol. The number of hydrogen-bond acceptors (Lipinski definition) is 5. The fourth-order valence-electron chi connectivity index (χ4n) is 4.09. The Morgan fingerprint density at radius 3 is 2.52 bits per heavy atom. The molecule has 0 aliphatic carbocycles. The monoisotopic (exact) mass is 482 g/mol. The van der Waals surface area contributed by atoms with Gasteiger partial charge in [-0.1, -0.05) is 37.6 Å². The Balaban J connectivity index is 1.38. The van der Waals surface area contributed by atoms with Crippen LogP contribution < -0.4 is 5.32 Å². The number of piperidine rings is 1. The van der Waals surface area contributed by atoms with Crippen LogP contribution in [0.25, 0.3) is 10.6 Å². The third kappa shape index (κ3) is 5.60. The standard InChI is InChI=1S/C25H27ClN4O2S/c1-16(2)22(29-23(31)21-15-33-24(28-21)19-4-3-11-27-14-19)25(32)30-12-9-18(10-13-30)17-5-7-20(26)8-6-17/h3-8,11,14-16,18,22H,9-10,12-13H2,1-2H3,(H,29,31)/t22-/m1/s1. The number of thiazole rings is 1. The van der Waals surface area contributed by atoms with E-state index in [0.29, 0.717) is 24.7 Å². The van der Waals surface area contributed by atoms with Crippen LogP contribution in [-0.4, -0.2) is 45.8 Å². The number of hydrogen-bond donors (Lipinski definition) is 1. The van der Waals surface area contributed by atoms with Crippen molar-refractivity contribution in [1.29, 1.82) is 0 Å². The van der Waals surface area contributed by atoms with E-state index in [4.69, 9.17) is 11.6 Å². The van der Waals surface area contributed by atoms with Gasteiger partial charge in [-0.25, -0.2) is 4.98 Å². The van der Waals surface area contributed by atoms with Crippen LogP contribution in [0.2, 0.25) is 5.02 Å². The van der Waals surface area contributed by atoms with Gasteiger partial charge in [0.15, 0.2) is 0 Å². The van der Waals surface area contributed by atoms with Crippen molar-refractivity contribution < 1.29 is 9.59 Å². The molecule has 0 saturated carbocycles. The quantitative estimate of drug-likeness (QED) is 0.535. The average Bonchev–Trinajstić information content (AvgIpc) is 3.34. The van der Waals surface area contributed by atoms with Crippen LogP contribution in [0.15, 0.2) is 54.2 Å². The van der Waals surface area contributed by atoms with Crippen molar-refractivity contribution in [3.05, 3.63) is 70.5 Å². The number of amides is 2. The smallest absolute Gasteiger partial charge is 0.271 e. The number of nitrogens with one attached hydrogen (secondary N) is 1. The predicted molar refractivity (Wildman–Crippen MR) is 131 cm³/mol. The van der Waals surface area contributed by atoms with Crippen molar-refractivity contribution in [3.8, 4) is 10.6 Å². The van der Waals surface area contributed by atoms with Gasteiger partial charge in [-0.3, -0.25) is 14.6 Å². The maximum Gasteiger partial charge on any atom is 0.271 e. The van der Waals surface area contributed by atoms with E-state index >= 15 is 0 Å². The van der Waals surface area contributed by atoms with E-state index in [2.05, 4.69) is 27.4 Å².